The van der Waals surface area contributed by atoms with Crippen LogP contribution in [0.4, 0.5) is 5.69 Å². The number of hydrogen-bond acceptors (Lipinski definition) is 7. The van der Waals surface area contributed by atoms with E-state index >= 15 is 0 Å². The molecule has 1 aromatic carbocycles. The number of nitrogens with one attached hydrogen (secondary N) is 1. The molecule has 11 nitrogen and oxygen atoms in total. The third kappa shape index (κ3) is 4.55. The summed E-state index contributed by atoms with van der Waals surface area (Å²) in [4.78, 5) is 22.0. The number of non-ortho nitro benzene ring substituents is 1. The summed E-state index contributed by atoms with van der Waals surface area (Å²) >= 11 is 0. The van der Waals surface area contributed by atoms with E-state index in [4.69, 9.17) is 0 Å². The molecule has 1 N–H and O–H groups in total. The molecule has 152 valence electrons. The van der Waals surface area contributed by atoms with Crippen molar-refractivity contribution in [1.82, 2.24) is 24.3 Å². The van der Waals surface area contributed by atoms with Crippen LogP contribution in [0.3, 0.4) is 0 Å². The molecule has 2 aromatic heterocycles. The third-order valence-electron chi connectivity index (χ3n) is 4.03. The second-order valence-corrected chi connectivity index (χ2v) is 8.01. The maximum Gasteiger partial charge on any atom is 0.270 e. The molecule has 0 amide bonds. The Morgan fingerprint density at radius 3 is 2.55 bits per heavy atom. The zero-order chi connectivity index (χ0) is 21.2. The Morgan fingerprint density at radius 2 is 1.90 bits per heavy atom. The van der Waals surface area contributed by atoms with Crippen molar-refractivity contribution in [2.24, 2.45) is 0 Å². The lowest BCUT2D eigenvalue weighted by Crippen LogP contribution is -2.32. The first kappa shape index (κ1) is 20.4. The minimum Gasteiger partial charge on any atom is -0.268 e. The van der Waals surface area contributed by atoms with Crippen LogP contribution in [0.2, 0.25) is 0 Å². The van der Waals surface area contributed by atoms with Crippen molar-refractivity contribution in [3.63, 3.8) is 0 Å². The van der Waals surface area contributed by atoms with Crippen molar-refractivity contribution in [2.45, 2.75) is 25.3 Å². The van der Waals surface area contributed by atoms with Crippen LogP contribution in [0.25, 0.3) is 5.82 Å². The van der Waals surface area contributed by atoms with Crippen LogP contribution in [-0.4, -0.2) is 39.4 Å². The van der Waals surface area contributed by atoms with Crippen LogP contribution < -0.4 is 10.3 Å². The van der Waals surface area contributed by atoms with E-state index in [2.05, 4.69) is 14.9 Å². The first-order valence-electron chi connectivity index (χ1n) is 8.53. The Kier molecular flexibility index (Phi) is 5.57. The highest BCUT2D eigenvalue weighted by Crippen LogP contribution is 2.17. The van der Waals surface area contributed by atoms with Gasteiger partial charge >= 0.3 is 0 Å². The lowest BCUT2D eigenvalue weighted by Gasteiger charge is -2.10. The Morgan fingerprint density at radius 1 is 1.14 bits per heavy atom. The molecule has 12 heteroatoms. The minimum atomic E-state index is -3.98. The van der Waals surface area contributed by atoms with Gasteiger partial charge in [-0.25, -0.2) is 22.5 Å². The van der Waals surface area contributed by atoms with Gasteiger partial charge in [0.05, 0.1) is 22.1 Å². The largest absolute Gasteiger partial charge is 0.270 e. The molecule has 2 heterocycles. The van der Waals surface area contributed by atoms with Gasteiger partial charge < -0.3 is 0 Å². The van der Waals surface area contributed by atoms with E-state index in [0.717, 1.165) is 22.1 Å². The second kappa shape index (κ2) is 7.93. The molecule has 29 heavy (non-hydrogen) atoms. The molecule has 0 aliphatic rings. The fourth-order valence-corrected chi connectivity index (χ4v) is 3.77. The highest BCUT2D eigenvalue weighted by molar-refractivity contribution is 7.89. The second-order valence-electron chi connectivity index (χ2n) is 6.24. The molecule has 0 saturated carbocycles. The normalized spacial score (nSPS) is 11.5. The van der Waals surface area contributed by atoms with Crippen LogP contribution in [-0.2, 0) is 16.6 Å². The van der Waals surface area contributed by atoms with E-state index in [1.165, 1.54) is 30.3 Å². The Hall–Kier alpha value is -3.38. The summed E-state index contributed by atoms with van der Waals surface area (Å²) in [6.07, 6.45) is 0. The van der Waals surface area contributed by atoms with Crippen LogP contribution in [0.5, 0.6) is 0 Å². The summed E-state index contributed by atoms with van der Waals surface area (Å²) in [6.45, 7) is 3.53. The van der Waals surface area contributed by atoms with Crippen molar-refractivity contribution >= 4 is 15.7 Å². The summed E-state index contributed by atoms with van der Waals surface area (Å²) in [5.74, 6) is 0.428. The number of nitro benzene ring substituents is 1. The van der Waals surface area contributed by atoms with E-state index < -0.39 is 20.5 Å². The van der Waals surface area contributed by atoms with Gasteiger partial charge in [-0.1, -0.05) is 6.07 Å². The van der Waals surface area contributed by atoms with Crippen LogP contribution >= 0.6 is 0 Å². The molecule has 0 unspecified atom stereocenters. The fraction of sp³-hybridized carbons (Fsp3) is 0.235. The molecular formula is C17H18N6O5S. The van der Waals surface area contributed by atoms with Crippen LogP contribution in [0, 0.1) is 24.0 Å². The standard InChI is InChI=1S/C17H18N6O5S/c1-12-10-13(2)22(19-12)16-6-7-17(24)21(20-16)9-8-18-29(27,28)15-5-3-4-14(11-15)23(25)26/h3-7,10-11,18H,8-9H2,1-2H3. The van der Waals surface area contributed by atoms with Crippen LogP contribution in [0.1, 0.15) is 11.4 Å². The van der Waals surface area contributed by atoms with E-state index in [-0.39, 0.29) is 23.7 Å². The quantitative estimate of drug-likeness (QED) is 0.444. The Labute approximate surface area is 165 Å². The number of aryl methyl sites for hydroxylation is 2. The average molecular weight is 418 g/mol. The molecule has 3 aromatic rings. The molecule has 0 atom stereocenters. The zero-order valence-corrected chi connectivity index (χ0v) is 16.5. The summed E-state index contributed by atoms with van der Waals surface area (Å²) in [7, 11) is -3.98. The molecule has 0 aliphatic carbocycles. The number of aromatic nitrogens is 4. The SMILES string of the molecule is Cc1cc(C)n(-c2ccc(=O)n(CCNS(=O)(=O)c3cccc([N+](=O)[O-])c3)n2)n1. The minimum absolute atomic E-state index is 0.0277. The van der Waals surface area contributed by atoms with E-state index in [0.29, 0.717) is 5.82 Å². The van der Waals surface area contributed by atoms with E-state index in [9.17, 15) is 23.3 Å². The predicted molar refractivity (Wildman–Crippen MR) is 103 cm³/mol. The summed E-state index contributed by atoms with van der Waals surface area (Å²) in [5.41, 5.74) is 0.909. The number of rotatable bonds is 7. The van der Waals surface area contributed by atoms with Gasteiger partial charge in [-0.05, 0) is 32.0 Å². The first-order chi connectivity index (χ1) is 13.7. The average Bonchev–Trinajstić information content (AvgIpc) is 3.01. The molecule has 3 rings (SSSR count). The van der Waals surface area contributed by atoms with Gasteiger partial charge in [-0.3, -0.25) is 14.9 Å². The summed E-state index contributed by atoms with van der Waals surface area (Å²) in [5, 5.41) is 19.4. The zero-order valence-electron chi connectivity index (χ0n) is 15.6. The molecular weight excluding hydrogens is 400 g/mol. The van der Waals surface area contributed by atoms with Crippen molar-refractivity contribution in [2.75, 3.05) is 6.54 Å². The topological polar surface area (TPSA) is 142 Å². The lowest BCUT2D eigenvalue weighted by atomic mass is 10.3. The smallest absolute Gasteiger partial charge is 0.268 e. The van der Waals surface area contributed by atoms with Crippen molar-refractivity contribution in [3.8, 4) is 5.82 Å². The monoisotopic (exact) mass is 418 g/mol. The van der Waals surface area contributed by atoms with Crippen LogP contribution in [0.15, 0.2) is 52.2 Å². The van der Waals surface area contributed by atoms with Gasteiger partial charge in [0.1, 0.15) is 0 Å². The number of nitrogens with zero attached hydrogens (tertiary/aromatic N) is 5. The number of sulfonamides is 1. The lowest BCUT2D eigenvalue weighted by molar-refractivity contribution is -0.385. The number of benzene rings is 1. The van der Waals surface area contributed by atoms with E-state index in [1.54, 1.807) is 4.68 Å². The fourth-order valence-electron chi connectivity index (χ4n) is 2.71. The van der Waals surface area contributed by atoms with Gasteiger partial charge in [0, 0.05) is 30.4 Å². The highest BCUT2D eigenvalue weighted by Gasteiger charge is 2.17. The summed E-state index contributed by atoms with van der Waals surface area (Å²) in [6, 6.07) is 9.44. The van der Waals surface area contributed by atoms with Gasteiger partial charge in [-0.15, -0.1) is 5.10 Å². The van der Waals surface area contributed by atoms with Gasteiger partial charge in [0.25, 0.3) is 11.2 Å². The Bertz CT molecular complexity index is 1230. The highest BCUT2D eigenvalue weighted by atomic mass is 32.2. The maximum absolute atomic E-state index is 12.4. The van der Waals surface area contributed by atoms with Crippen molar-refractivity contribution in [3.05, 3.63) is 74.3 Å². The molecule has 0 spiro atoms. The van der Waals surface area contributed by atoms with E-state index in [1.807, 2.05) is 19.9 Å². The first-order valence-corrected chi connectivity index (χ1v) is 10.0. The third-order valence-corrected chi connectivity index (χ3v) is 5.49. The van der Waals surface area contributed by atoms with Crippen molar-refractivity contribution < 1.29 is 13.3 Å². The van der Waals surface area contributed by atoms with Gasteiger partial charge in [0.15, 0.2) is 5.82 Å². The molecule has 0 aliphatic heterocycles. The maximum atomic E-state index is 12.4. The summed E-state index contributed by atoms with van der Waals surface area (Å²) < 4.78 is 29.8. The van der Waals surface area contributed by atoms with Gasteiger partial charge in [-0.2, -0.15) is 5.10 Å². The predicted octanol–water partition coefficient (Wildman–Crippen LogP) is 0.933. The molecule has 0 radical (unpaired) electrons. The molecule has 0 saturated heterocycles. The molecule has 0 fully saturated rings. The number of nitro groups is 1. The van der Waals surface area contributed by atoms with Gasteiger partial charge in [0.2, 0.25) is 10.0 Å². The molecule has 0 bridgehead atoms. The number of hydrogen-bond donors (Lipinski definition) is 1. The Balaban J connectivity index is 1.75. The van der Waals surface area contributed by atoms with Crippen molar-refractivity contribution in [1.29, 1.82) is 0 Å².